The molecule has 4 aromatic rings. The van der Waals surface area contributed by atoms with E-state index < -0.39 is 12.6 Å². The Balaban J connectivity index is 1.55. The number of hydrogen-bond donors (Lipinski definition) is 1. The molecular formula is C30H24N2O5S. The summed E-state index contributed by atoms with van der Waals surface area (Å²) in [5.41, 5.74) is 5.93. The van der Waals surface area contributed by atoms with Crippen LogP contribution in [-0.4, -0.2) is 29.4 Å². The minimum absolute atomic E-state index is 0.132. The largest absolute Gasteiger partial charge is 0.496 e. The molecular weight excluding hydrogens is 500 g/mol. The van der Waals surface area contributed by atoms with Crippen molar-refractivity contribution in [3.8, 4) is 11.5 Å². The molecule has 1 N–H and O–H groups in total. The van der Waals surface area contributed by atoms with E-state index in [1.807, 2.05) is 42.5 Å². The third-order valence-corrected chi connectivity index (χ3v) is 7.81. The van der Waals surface area contributed by atoms with E-state index >= 15 is 0 Å². The Bertz CT molecular complexity index is 1780. The lowest BCUT2D eigenvalue weighted by Gasteiger charge is -2.31. The van der Waals surface area contributed by atoms with Crippen molar-refractivity contribution >= 4 is 29.1 Å². The van der Waals surface area contributed by atoms with Crippen LogP contribution in [0.2, 0.25) is 0 Å². The van der Waals surface area contributed by atoms with Crippen LogP contribution in [0, 0.1) is 0 Å². The number of nitrogens with zero attached hydrogens (tertiary/aromatic N) is 2. The fourth-order valence-corrected chi connectivity index (χ4v) is 6.18. The zero-order chi connectivity index (χ0) is 26.2. The minimum Gasteiger partial charge on any atom is -0.496 e. The molecule has 7 nitrogen and oxygen atoms in total. The maximum absolute atomic E-state index is 13.9. The number of carboxylic acid groups (broad SMARTS) is 1. The lowest BCUT2D eigenvalue weighted by molar-refractivity contribution is -0.139. The van der Waals surface area contributed by atoms with Crippen LogP contribution in [0.1, 0.15) is 34.7 Å². The number of fused-ring (bicyclic) bond motifs is 3. The van der Waals surface area contributed by atoms with Crippen molar-refractivity contribution in [2.24, 2.45) is 4.99 Å². The van der Waals surface area contributed by atoms with Gasteiger partial charge in [0.2, 0.25) is 0 Å². The molecule has 3 aromatic carbocycles. The highest BCUT2D eigenvalue weighted by Crippen LogP contribution is 2.43. The Morgan fingerprint density at radius 1 is 1.11 bits per heavy atom. The first kappa shape index (κ1) is 23.9. The van der Waals surface area contributed by atoms with E-state index in [1.165, 1.54) is 16.9 Å². The molecule has 2 heterocycles. The predicted octanol–water partition coefficient (Wildman–Crippen LogP) is 3.79. The summed E-state index contributed by atoms with van der Waals surface area (Å²) in [6.45, 7) is -0.433. The van der Waals surface area contributed by atoms with Crippen molar-refractivity contribution in [1.82, 2.24) is 4.57 Å². The Kier molecular flexibility index (Phi) is 6.17. The van der Waals surface area contributed by atoms with Crippen molar-refractivity contribution in [2.45, 2.75) is 18.9 Å². The first-order chi connectivity index (χ1) is 18.5. The summed E-state index contributed by atoms with van der Waals surface area (Å²) < 4.78 is 13.4. The Morgan fingerprint density at radius 3 is 2.76 bits per heavy atom. The highest BCUT2D eigenvalue weighted by Gasteiger charge is 2.33. The van der Waals surface area contributed by atoms with Crippen LogP contribution in [0.25, 0.3) is 11.8 Å². The second-order valence-corrected chi connectivity index (χ2v) is 10.1. The van der Waals surface area contributed by atoms with E-state index in [0.29, 0.717) is 15.1 Å². The number of benzene rings is 3. The van der Waals surface area contributed by atoms with Crippen LogP contribution in [0.4, 0.5) is 0 Å². The average Bonchev–Trinajstić information content (AvgIpc) is 3.25. The molecule has 2 aliphatic rings. The maximum atomic E-state index is 13.9. The SMILES string of the molecule is COc1ccccc1[C@H]1C2=C(N=c3s/c(=C\c4cccc(OCC(=O)O)c4)c(=O)n31)c1ccccc1CC2. The van der Waals surface area contributed by atoms with Gasteiger partial charge in [0.05, 0.1) is 23.4 Å². The van der Waals surface area contributed by atoms with E-state index in [1.54, 1.807) is 36.0 Å². The van der Waals surface area contributed by atoms with Gasteiger partial charge in [-0.25, -0.2) is 9.79 Å². The lowest BCUT2D eigenvalue weighted by Crippen LogP contribution is -2.39. The van der Waals surface area contributed by atoms with Gasteiger partial charge in [0.1, 0.15) is 11.5 Å². The summed E-state index contributed by atoms with van der Waals surface area (Å²) in [6, 6.07) is 22.8. The number of allylic oxidation sites excluding steroid dienone is 1. The van der Waals surface area contributed by atoms with Crippen molar-refractivity contribution in [3.63, 3.8) is 0 Å². The van der Waals surface area contributed by atoms with E-state index in [4.69, 9.17) is 19.6 Å². The van der Waals surface area contributed by atoms with Gasteiger partial charge in [-0.2, -0.15) is 0 Å². The Labute approximate surface area is 222 Å². The first-order valence-corrected chi connectivity index (χ1v) is 13.1. The van der Waals surface area contributed by atoms with Crippen LogP contribution < -0.4 is 24.4 Å². The van der Waals surface area contributed by atoms with Gasteiger partial charge in [-0.15, -0.1) is 0 Å². The predicted molar refractivity (Wildman–Crippen MR) is 145 cm³/mol. The minimum atomic E-state index is -1.05. The van der Waals surface area contributed by atoms with Crippen LogP contribution in [0.15, 0.2) is 88.2 Å². The van der Waals surface area contributed by atoms with Gasteiger partial charge in [-0.05, 0) is 53.8 Å². The fourth-order valence-electron chi connectivity index (χ4n) is 5.18. The number of ether oxygens (including phenoxy) is 2. The smallest absolute Gasteiger partial charge is 0.341 e. The van der Waals surface area contributed by atoms with E-state index in [-0.39, 0.29) is 11.6 Å². The number of carboxylic acids is 1. The van der Waals surface area contributed by atoms with E-state index in [9.17, 15) is 9.59 Å². The summed E-state index contributed by atoms with van der Waals surface area (Å²) in [6.07, 6.45) is 3.47. The molecule has 0 saturated carbocycles. The van der Waals surface area contributed by atoms with Gasteiger partial charge >= 0.3 is 5.97 Å². The number of aliphatic carboxylic acids is 1. The van der Waals surface area contributed by atoms with Gasteiger partial charge in [0, 0.05) is 11.1 Å². The summed E-state index contributed by atoms with van der Waals surface area (Å²) in [5, 5.41) is 8.92. The van der Waals surface area contributed by atoms with Gasteiger partial charge in [0.15, 0.2) is 11.4 Å². The molecule has 8 heteroatoms. The molecule has 1 aliphatic carbocycles. The van der Waals surface area contributed by atoms with Gasteiger partial charge in [-0.3, -0.25) is 9.36 Å². The normalized spacial score (nSPS) is 16.2. The van der Waals surface area contributed by atoms with Crippen LogP contribution in [0.5, 0.6) is 11.5 Å². The number of aromatic nitrogens is 1. The molecule has 1 aromatic heterocycles. The van der Waals surface area contributed by atoms with Crippen LogP contribution in [0.3, 0.4) is 0 Å². The molecule has 190 valence electrons. The molecule has 0 saturated heterocycles. The molecule has 1 atom stereocenters. The summed E-state index contributed by atoms with van der Waals surface area (Å²) in [7, 11) is 1.65. The molecule has 38 heavy (non-hydrogen) atoms. The molecule has 6 rings (SSSR count). The van der Waals surface area contributed by atoms with Crippen molar-refractivity contribution in [2.75, 3.05) is 13.7 Å². The zero-order valence-corrected chi connectivity index (χ0v) is 21.4. The first-order valence-electron chi connectivity index (χ1n) is 12.2. The highest BCUT2D eigenvalue weighted by atomic mass is 32.1. The standard InChI is InChI=1S/C30H24N2O5S/c1-36-24-12-5-4-11-22(24)28-23-14-13-19-8-2-3-10-21(19)27(23)31-30-32(28)29(35)25(38-30)16-18-7-6-9-20(15-18)37-17-26(33)34/h2-12,15-16,28H,13-14,17H2,1H3,(H,33,34)/b25-16-/t28-/m0/s1. The number of para-hydroxylation sites is 1. The third kappa shape index (κ3) is 4.22. The molecule has 0 spiro atoms. The molecule has 1 aliphatic heterocycles. The van der Waals surface area contributed by atoms with Crippen LogP contribution in [-0.2, 0) is 11.2 Å². The van der Waals surface area contributed by atoms with E-state index in [2.05, 4.69) is 12.1 Å². The van der Waals surface area contributed by atoms with Gasteiger partial charge in [0.25, 0.3) is 5.56 Å². The zero-order valence-electron chi connectivity index (χ0n) is 20.6. The van der Waals surface area contributed by atoms with Gasteiger partial charge < -0.3 is 14.6 Å². The monoisotopic (exact) mass is 524 g/mol. The van der Waals surface area contributed by atoms with Crippen molar-refractivity contribution < 1.29 is 19.4 Å². The number of aryl methyl sites for hydroxylation is 1. The number of thiazole rings is 1. The highest BCUT2D eigenvalue weighted by molar-refractivity contribution is 7.07. The number of rotatable bonds is 6. The number of hydrogen-bond acceptors (Lipinski definition) is 6. The molecule has 0 unspecified atom stereocenters. The fraction of sp³-hybridized carbons (Fsp3) is 0.167. The van der Waals surface area contributed by atoms with Crippen molar-refractivity contribution in [1.29, 1.82) is 0 Å². The lowest BCUT2D eigenvalue weighted by atomic mass is 9.83. The summed E-state index contributed by atoms with van der Waals surface area (Å²) >= 11 is 1.34. The summed E-state index contributed by atoms with van der Waals surface area (Å²) in [4.78, 5) is 30.5. The number of methoxy groups -OCH3 is 1. The molecule has 0 radical (unpaired) electrons. The quantitative estimate of drug-likeness (QED) is 0.415. The second-order valence-electron chi connectivity index (χ2n) is 9.11. The molecule has 0 bridgehead atoms. The van der Waals surface area contributed by atoms with Gasteiger partial charge in [-0.1, -0.05) is 65.9 Å². The van der Waals surface area contributed by atoms with Crippen molar-refractivity contribution in [3.05, 3.63) is 120 Å². The second kappa shape index (κ2) is 9.79. The Hall–Kier alpha value is -4.43. The topological polar surface area (TPSA) is 90.1 Å². The average molecular weight is 525 g/mol. The third-order valence-electron chi connectivity index (χ3n) is 6.82. The summed E-state index contributed by atoms with van der Waals surface area (Å²) in [5.74, 6) is 0.0986. The molecule has 0 amide bonds. The van der Waals surface area contributed by atoms with Crippen LogP contribution >= 0.6 is 11.3 Å². The number of carbonyl (C=O) groups is 1. The molecule has 0 fully saturated rings. The van der Waals surface area contributed by atoms with E-state index in [0.717, 1.165) is 46.6 Å². The maximum Gasteiger partial charge on any atom is 0.341 e. The Morgan fingerprint density at radius 2 is 1.92 bits per heavy atom.